The summed E-state index contributed by atoms with van der Waals surface area (Å²) < 4.78 is 0. The van der Waals surface area contributed by atoms with E-state index in [4.69, 9.17) is 0 Å². The molecule has 2 aliphatic carbocycles. The highest BCUT2D eigenvalue weighted by Crippen LogP contribution is 2.36. The van der Waals surface area contributed by atoms with Crippen LogP contribution in [0.15, 0.2) is 0 Å². The predicted octanol–water partition coefficient (Wildman–Crippen LogP) is 2.67. The molecule has 18 heavy (non-hydrogen) atoms. The van der Waals surface area contributed by atoms with E-state index in [0.717, 1.165) is 12.8 Å². The second-order valence-corrected chi connectivity index (χ2v) is 6.14. The molecule has 3 nitrogen and oxygen atoms in total. The van der Waals surface area contributed by atoms with Gasteiger partial charge in [-0.25, -0.2) is 0 Å². The molecule has 1 N–H and O–H groups in total. The maximum Gasteiger partial charge on any atom is 0.108 e. The second-order valence-electron chi connectivity index (χ2n) is 6.14. The highest BCUT2D eigenvalue weighted by molar-refractivity contribution is 5.15. The van der Waals surface area contributed by atoms with Crippen LogP contribution in [0.5, 0.6) is 0 Å². The largest absolute Gasteiger partial charge is 0.300 e. The monoisotopic (exact) mass is 249 g/mol. The van der Waals surface area contributed by atoms with Crippen LogP contribution in [0.1, 0.15) is 58.8 Å². The summed E-state index contributed by atoms with van der Waals surface area (Å²) in [5, 5.41) is 13.1. The Morgan fingerprint density at radius 2 is 2.00 bits per heavy atom. The van der Waals surface area contributed by atoms with Crippen LogP contribution in [0.2, 0.25) is 0 Å². The van der Waals surface area contributed by atoms with Gasteiger partial charge in [0.15, 0.2) is 0 Å². The van der Waals surface area contributed by atoms with E-state index >= 15 is 0 Å². The van der Waals surface area contributed by atoms with Crippen LogP contribution in [0, 0.1) is 11.3 Å². The molecule has 0 saturated heterocycles. The van der Waals surface area contributed by atoms with E-state index in [1.54, 1.807) is 0 Å². The summed E-state index contributed by atoms with van der Waals surface area (Å²) in [4.78, 5) is 2.52. The maximum absolute atomic E-state index is 9.51. The fourth-order valence-corrected chi connectivity index (χ4v) is 3.41. The topological polar surface area (TPSA) is 39.1 Å². The molecular weight excluding hydrogens is 222 g/mol. The first-order valence-corrected chi connectivity index (χ1v) is 7.55. The highest BCUT2D eigenvalue weighted by atomic mass is 15.2. The first-order chi connectivity index (χ1) is 8.64. The van der Waals surface area contributed by atoms with Crippen LogP contribution in [0.3, 0.4) is 0 Å². The molecule has 0 aromatic heterocycles. The Bertz CT molecular complexity index is 314. The number of hydrogen-bond acceptors (Lipinski definition) is 3. The number of nitrogens with zero attached hydrogens (tertiary/aromatic N) is 2. The standard InChI is InChI=1S/C15H27N3/c1-4-13(5-2)18(3)14-8-9-15(10-14,11-16)17-12-6-7-12/h12-14,17H,4-10H2,1-3H3. The van der Waals surface area contributed by atoms with E-state index in [1.807, 2.05) is 0 Å². The lowest BCUT2D eigenvalue weighted by molar-refractivity contribution is 0.160. The van der Waals surface area contributed by atoms with Crippen molar-refractivity contribution in [3.8, 4) is 6.07 Å². The maximum atomic E-state index is 9.51. The van der Waals surface area contributed by atoms with E-state index in [0.29, 0.717) is 18.1 Å². The number of nitriles is 1. The molecule has 0 aromatic rings. The minimum Gasteiger partial charge on any atom is -0.300 e. The molecule has 3 heteroatoms. The molecule has 2 fully saturated rings. The summed E-state index contributed by atoms with van der Waals surface area (Å²) in [6, 6.07) is 4.45. The molecule has 0 spiro atoms. The fourth-order valence-electron chi connectivity index (χ4n) is 3.41. The van der Waals surface area contributed by atoms with Gasteiger partial charge in [0.25, 0.3) is 0 Å². The molecule has 2 saturated carbocycles. The molecule has 0 amide bonds. The van der Waals surface area contributed by atoms with Crippen molar-refractivity contribution in [3.63, 3.8) is 0 Å². The smallest absolute Gasteiger partial charge is 0.108 e. The summed E-state index contributed by atoms with van der Waals surface area (Å²) in [6.07, 6.45) is 8.13. The minimum atomic E-state index is -0.230. The van der Waals surface area contributed by atoms with E-state index in [-0.39, 0.29) is 5.54 Å². The van der Waals surface area contributed by atoms with Gasteiger partial charge >= 0.3 is 0 Å². The number of rotatable bonds is 6. The lowest BCUT2D eigenvalue weighted by Gasteiger charge is -2.33. The zero-order valence-electron chi connectivity index (χ0n) is 12.1. The normalized spacial score (nSPS) is 32.1. The van der Waals surface area contributed by atoms with Crippen LogP contribution in [-0.4, -0.2) is 35.6 Å². The molecule has 0 heterocycles. The van der Waals surface area contributed by atoms with Gasteiger partial charge in [0.05, 0.1) is 6.07 Å². The molecule has 0 radical (unpaired) electrons. The Morgan fingerprint density at radius 3 is 2.50 bits per heavy atom. The van der Waals surface area contributed by atoms with Crippen molar-refractivity contribution in [3.05, 3.63) is 0 Å². The third kappa shape index (κ3) is 2.87. The van der Waals surface area contributed by atoms with E-state index in [9.17, 15) is 5.26 Å². The summed E-state index contributed by atoms with van der Waals surface area (Å²) in [5.41, 5.74) is -0.230. The molecule has 102 valence electrons. The summed E-state index contributed by atoms with van der Waals surface area (Å²) >= 11 is 0. The van der Waals surface area contributed by atoms with Crippen molar-refractivity contribution in [2.24, 2.45) is 0 Å². The first-order valence-electron chi connectivity index (χ1n) is 7.55. The predicted molar refractivity (Wildman–Crippen MR) is 74.3 cm³/mol. The molecule has 2 aliphatic rings. The van der Waals surface area contributed by atoms with Gasteiger partial charge in [0.1, 0.15) is 5.54 Å². The number of hydrogen-bond donors (Lipinski definition) is 1. The number of nitrogens with one attached hydrogen (secondary N) is 1. The molecule has 2 rings (SSSR count). The van der Waals surface area contributed by atoms with Gasteiger partial charge in [-0.05, 0) is 52.0 Å². The van der Waals surface area contributed by atoms with Crippen molar-refractivity contribution in [2.75, 3.05) is 7.05 Å². The molecule has 2 unspecified atom stereocenters. The van der Waals surface area contributed by atoms with Crippen molar-refractivity contribution in [2.45, 2.75) is 82.5 Å². The third-order valence-corrected chi connectivity index (χ3v) is 4.85. The van der Waals surface area contributed by atoms with Crippen molar-refractivity contribution < 1.29 is 0 Å². The van der Waals surface area contributed by atoms with Gasteiger partial charge in [-0.1, -0.05) is 13.8 Å². The Hall–Kier alpha value is -0.590. The SMILES string of the molecule is CCC(CC)N(C)C1CCC(C#N)(NC2CC2)C1. The second kappa shape index (κ2) is 5.59. The minimum absolute atomic E-state index is 0.230. The summed E-state index contributed by atoms with van der Waals surface area (Å²) in [6.45, 7) is 4.53. The molecule has 0 aromatic carbocycles. The van der Waals surface area contributed by atoms with Crippen LogP contribution < -0.4 is 5.32 Å². The quantitative estimate of drug-likeness (QED) is 0.786. The van der Waals surface area contributed by atoms with Crippen LogP contribution in [0.25, 0.3) is 0 Å². The third-order valence-electron chi connectivity index (χ3n) is 4.85. The lowest BCUT2D eigenvalue weighted by Crippen LogP contribution is -2.46. The fraction of sp³-hybridized carbons (Fsp3) is 0.933. The van der Waals surface area contributed by atoms with Crippen molar-refractivity contribution in [1.82, 2.24) is 10.2 Å². The van der Waals surface area contributed by atoms with Crippen molar-refractivity contribution >= 4 is 0 Å². The van der Waals surface area contributed by atoms with E-state index in [2.05, 4.69) is 37.2 Å². The first kappa shape index (κ1) is 13.8. The zero-order valence-corrected chi connectivity index (χ0v) is 12.1. The van der Waals surface area contributed by atoms with Crippen LogP contribution in [0.4, 0.5) is 0 Å². The molecule has 0 aliphatic heterocycles. The summed E-state index contributed by atoms with van der Waals surface area (Å²) in [5.74, 6) is 0. The Balaban J connectivity index is 1.95. The average molecular weight is 249 g/mol. The van der Waals surface area contributed by atoms with Crippen LogP contribution >= 0.6 is 0 Å². The van der Waals surface area contributed by atoms with Gasteiger partial charge in [-0.3, -0.25) is 5.32 Å². The molecule has 2 atom stereocenters. The Morgan fingerprint density at radius 1 is 1.33 bits per heavy atom. The van der Waals surface area contributed by atoms with E-state index < -0.39 is 0 Å². The average Bonchev–Trinajstić information content (AvgIpc) is 3.08. The molecular formula is C15H27N3. The highest BCUT2D eigenvalue weighted by Gasteiger charge is 2.44. The van der Waals surface area contributed by atoms with Crippen LogP contribution in [-0.2, 0) is 0 Å². The van der Waals surface area contributed by atoms with E-state index in [1.165, 1.54) is 32.1 Å². The lowest BCUT2D eigenvalue weighted by atomic mass is 9.98. The van der Waals surface area contributed by atoms with Gasteiger partial charge in [0, 0.05) is 18.1 Å². The zero-order chi connectivity index (χ0) is 13.2. The Labute approximate surface area is 112 Å². The van der Waals surface area contributed by atoms with Gasteiger partial charge in [-0.2, -0.15) is 5.26 Å². The van der Waals surface area contributed by atoms with Crippen molar-refractivity contribution in [1.29, 1.82) is 5.26 Å². The van der Waals surface area contributed by atoms with Gasteiger partial charge in [0.2, 0.25) is 0 Å². The van der Waals surface area contributed by atoms with Gasteiger partial charge < -0.3 is 4.90 Å². The summed E-state index contributed by atoms with van der Waals surface area (Å²) in [7, 11) is 2.24. The van der Waals surface area contributed by atoms with Gasteiger partial charge in [-0.15, -0.1) is 0 Å². The molecule has 0 bridgehead atoms. The Kier molecular flexibility index (Phi) is 4.29.